The fraction of sp³-hybridized carbons (Fsp3) is 0.533. The van der Waals surface area contributed by atoms with Crippen LogP contribution in [0.2, 0.25) is 10.0 Å². The van der Waals surface area contributed by atoms with Gasteiger partial charge < -0.3 is 14.8 Å². The van der Waals surface area contributed by atoms with E-state index in [2.05, 4.69) is 5.32 Å². The third kappa shape index (κ3) is 7.84. The molecular weight excluding hydrogens is 327 g/mol. The molecule has 0 radical (unpaired) electrons. The Hall–Kier alpha value is -1.01. The monoisotopic (exact) mass is 348 g/mol. The van der Waals surface area contributed by atoms with E-state index in [-0.39, 0.29) is 5.91 Å². The SMILES string of the molecule is COCCCNC(=O)CN(C)CCOc1ccc(Cl)cc1Cl. The Morgan fingerprint density at radius 2 is 2.09 bits per heavy atom. The van der Waals surface area contributed by atoms with E-state index in [1.54, 1.807) is 25.3 Å². The van der Waals surface area contributed by atoms with Crippen LogP contribution in [0.25, 0.3) is 0 Å². The van der Waals surface area contributed by atoms with Gasteiger partial charge in [-0.3, -0.25) is 9.69 Å². The van der Waals surface area contributed by atoms with Gasteiger partial charge in [0.2, 0.25) is 5.91 Å². The third-order valence-corrected chi connectivity index (χ3v) is 3.42. The summed E-state index contributed by atoms with van der Waals surface area (Å²) in [6, 6.07) is 5.09. The zero-order valence-electron chi connectivity index (χ0n) is 12.9. The van der Waals surface area contributed by atoms with E-state index in [0.717, 1.165) is 6.42 Å². The highest BCUT2D eigenvalue weighted by molar-refractivity contribution is 6.35. The molecule has 22 heavy (non-hydrogen) atoms. The molecule has 1 amide bonds. The molecule has 0 unspecified atom stereocenters. The Balaban J connectivity index is 2.19. The zero-order valence-corrected chi connectivity index (χ0v) is 14.4. The van der Waals surface area contributed by atoms with Crippen molar-refractivity contribution in [2.45, 2.75) is 6.42 Å². The molecule has 0 fully saturated rings. The molecule has 0 spiro atoms. The Kier molecular flexibility index (Phi) is 9.24. The van der Waals surface area contributed by atoms with Gasteiger partial charge in [0.05, 0.1) is 11.6 Å². The van der Waals surface area contributed by atoms with Gasteiger partial charge >= 0.3 is 0 Å². The summed E-state index contributed by atoms with van der Waals surface area (Å²) in [5, 5.41) is 3.88. The summed E-state index contributed by atoms with van der Waals surface area (Å²) in [6.45, 7) is 2.65. The van der Waals surface area contributed by atoms with Crippen LogP contribution in [0.4, 0.5) is 0 Å². The van der Waals surface area contributed by atoms with Crippen LogP contribution in [0.5, 0.6) is 5.75 Å². The van der Waals surface area contributed by atoms with E-state index in [1.165, 1.54) is 0 Å². The lowest BCUT2D eigenvalue weighted by molar-refractivity contribution is -0.122. The van der Waals surface area contributed by atoms with Gasteiger partial charge in [-0.05, 0) is 31.7 Å². The van der Waals surface area contributed by atoms with Gasteiger partial charge in [-0.1, -0.05) is 23.2 Å². The molecule has 1 aromatic rings. The van der Waals surface area contributed by atoms with E-state index in [0.29, 0.717) is 48.6 Å². The number of rotatable bonds is 10. The normalized spacial score (nSPS) is 10.8. The summed E-state index contributed by atoms with van der Waals surface area (Å²) >= 11 is 11.8. The first-order valence-corrected chi connectivity index (χ1v) is 7.80. The van der Waals surface area contributed by atoms with Gasteiger partial charge in [-0.15, -0.1) is 0 Å². The number of hydrogen-bond acceptors (Lipinski definition) is 4. The lowest BCUT2D eigenvalue weighted by Gasteiger charge is -2.17. The number of carbonyl (C=O) groups is 1. The molecule has 0 aliphatic carbocycles. The Morgan fingerprint density at radius 3 is 2.77 bits per heavy atom. The Labute approximate surface area is 141 Å². The van der Waals surface area contributed by atoms with Crippen molar-refractivity contribution in [2.75, 3.05) is 47.0 Å². The summed E-state index contributed by atoms with van der Waals surface area (Å²) in [5.74, 6) is 0.576. The summed E-state index contributed by atoms with van der Waals surface area (Å²) in [5.41, 5.74) is 0. The third-order valence-electron chi connectivity index (χ3n) is 2.89. The zero-order chi connectivity index (χ0) is 16.4. The van der Waals surface area contributed by atoms with Crippen LogP contribution in [0.3, 0.4) is 0 Å². The second kappa shape index (κ2) is 10.7. The molecule has 1 rings (SSSR count). The lowest BCUT2D eigenvalue weighted by Crippen LogP contribution is -2.37. The van der Waals surface area contributed by atoms with Crippen LogP contribution in [0, 0.1) is 0 Å². The number of halogens is 2. The summed E-state index contributed by atoms with van der Waals surface area (Å²) in [4.78, 5) is 13.6. The van der Waals surface area contributed by atoms with Gasteiger partial charge in [0.15, 0.2) is 0 Å². The maximum absolute atomic E-state index is 11.7. The van der Waals surface area contributed by atoms with Crippen molar-refractivity contribution in [1.29, 1.82) is 0 Å². The number of nitrogens with one attached hydrogen (secondary N) is 1. The summed E-state index contributed by atoms with van der Waals surface area (Å²) in [7, 11) is 3.50. The van der Waals surface area contributed by atoms with Crippen LogP contribution in [0.1, 0.15) is 6.42 Å². The minimum Gasteiger partial charge on any atom is -0.491 e. The van der Waals surface area contributed by atoms with Crippen LogP contribution in [-0.2, 0) is 9.53 Å². The molecule has 124 valence electrons. The van der Waals surface area contributed by atoms with Crippen LogP contribution in [-0.4, -0.2) is 57.8 Å². The van der Waals surface area contributed by atoms with Gasteiger partial charge in [0, 0.05) is 31.8 Å². The van der Waals surface area contributed by atoms with Crippen molar-refractivity contribution in [3.8, 4) is 5.75 Å². The number of amides is 1. The fourth-order valence-corrected chi connectivity index (χ4v) is 2.19. The van der Waals surface area contributed by atoms with Crippen molar-refractivity contribution >= 4 is 29.1 Å². The van der Waals surface area contributed by atoms with Crippen molar-refractivity contribution < 1.29 is 14.3 Å². The smallest absolute Gasteiger partial charge is 0.234 e. The molecule has 0 bridgehead atoms. The maximum Gasteiger partial charge on any atom is 0.234 e. The standard InChI is InChI=1S/C15H22Cl2N2O3/c1-19(11-15(20)18-6-3-8-21-2)7-9-22-14-5-4-12(16)10-13(14)17/h4-5,10H,3,6-9,11H2,1-2H3,(H,18,20). The van der Waals surface area contributed by atoms with E-state index in [9.17, 15) is 4.79 Å². The predicted molar refractivity (Wildman–Crippen MR) is 89.0 cm³/mol. The quantitative estimate of drug-likeness (QED) is 0.660. The number of hydrogen-bond donors (Lipinski definition) is 1. The molecule has 0 aliphatic heterocycles. The van der Waals surface area contributed by atoms with Crippen molar-refractivity contribution in [2.24, 2.45) is 0 Å². The van der Waals surface area contributed by atoms with E-state index in [1.807, 2.05) is 11.9 Å². The number of ether oxygens (including phenoxy) is 2. The first kappa shape index (κ1) is 19.0. The molecule has 1 N–H and O–H groups in total. The average molecular weight is 349 g/mol. The molecule has 1 aromatic carbocycles. The van der Waals surface area contributed by atoms with Crippen molar-refractivity contribution in [1.82, 2.24) is 10.2 Å². The second-order valence-electron chi connectivity index (χ2n) is 4.86. The molecule has 0 aromatic heterocycles. The van der Waals surface area contributed by atoms with Gasteiger partial charge in [0.1, 0.15) is 12.4 Å². The first-order valence-electron chi connectivity index (χ1n) is 7.05. The minimum absolute atomic E-state index is 0.0110. The molecule has 0 atom stereocenters. The fourth-order valence-electron chi connectivity index (χ4n) is 1.73. The first-order chi connectivity index (χ1) is 10.5. The largest absolute Gasteiger partial charge is 0.491 e. The van der Waals surface area contributed by atoms with E-state index in [4.69, 9.17) is 32.7 Å². The highest BCUT2D eigenvalue weighted by Gasteiger charge is 2.07. The van der Waals surface area contributed by atoms with Gasteiger partial charge in [-0.2, -0.15) is 0 Å². The summed E-state index contributed by atoms with van der Waals surface area (Å²) in [6.07, 6.45) is 0.810. The Morgan fingerprint density at radius 1 is 1.32 bits per heavy atom. The maximum atomic E-state index is 11.7. The molecule has 0 saturated carbocycles. The molecular formula is C15H22Cl2N2O3. The Bertz CT molecular complexity index is 472. The van der Waals surface area contributed by atoms with Gasteiger partial charge in [-0.25, -0.2) is 0 Å². The number of methoxy groups -OCH3 is 1. The molecule has 7 heteroatoms. The van der Waals surface area contributed by atoms with E-state index < -0.39 is 0 Å². The molecule has 0 aliphatic rings. The highest BCUT2D eigenvalue weighted by atomic mass is 35.5. The van der Waals surface area contributed by atoms with Gasteiger partial charge in [0.25, 0.3) is 0 Å². The van der Waals surface area contributed by atoms with Crippen LogP contribution >= 0.6 is 23.2 Å². The lowest BCUT2D eigenvalue weighted by atomic mass is 10.3. The number of likely N-dealkylation sites (N-methyl/N-ethyl adjacent to an activating group) is 1. The van der Waals surface area contributed by atoms with Crippen LogP contribution < -0.4 is 10.1 Å². The molecule has 5 nitrogen and oxygen atoms in total. The average Bonchev–Trinajstić information content (AvgIpc) is 2.46. The summed E-state index contributed by atoms with van der Waals surface area (Å²) < 4.78 is 10.5. The molecule has 0 heterocycles. The minimum atomic E-state index is -0.0110. The number of carbonyl (C=O) groups excluding carboxylic acids is 1. The van der Waals surface area contributed by atoms with Crippen molar-refractivity contribution in [3.05, 3.63) is 28.2 Å². The van der Waals surface area contributed by atoms with E-state index >= 15 is 0 Å². The van der Waals surface area contributed by atoms with Crippen molar-refractivity contribution in [3.63, 3.8) is 0 Å². The predicted octanol–water partition coefficient (Wildman–Crippen LogP) is 2.46. The number of benzene rings is 1. The highest BCUT2D eigenvalue weighted by Crippen LogP contribution is 2.27. The topological polar surface area (TPSA) is 50.8 Å². The molecule has 0 saturated heterocycles. The van der Waals surface area contributed by atoms with Crippen LogP contribution in [0.15, 0.2) is 18.2 Å². The second-order valence-corrected chi connectivity index (χ2v) is 5.70. The number of nitrogens with zero attached hydrogens (tertiary/aromatic N) is 1.